The lowest BCUT2D eigenvalue weighted by atomic mass is 10.0. The summed E-state index contributed by atoms with van der Waals surface area (Å²) in [4.78, 5) is 4.40. The maximum atomic E-state index is 5.33. The van der Waals surface area contributed by atoms with Crippen molar-refractivity contribution in [3.05, 3.63) is 12.4 Å². The first-order valence-corrected chi connectivity index (χ1v) is 7.53. The Hall–Kier alpha value is -1.03. The largest absolute Gasteiger partial charge is 0.382 e. The normalized spacial score (nSPS) is 14.3. The summed E-state index contributed by atoms with van der Waals surface area (Å²) < 4.78 is 7.57. The molecule has 2 atom stereocenters. The maximum absolute atomic E-state index is 5.33. The molecule has 0 fully saturated rings. The van der Waals surface area contributed by atoms with Crippen LogP contribution in [0.2, 0.25) is 0 Å². The van der Waals surface area contributed by atoms with Crippen molar-refractivity contribution in [2.24, 2.45) is 5.92 Å². The molecular formula is C15H29N3O. The van der Waals surface area contributed by atoms with Crippen molar-refractivity contribution < 1.29 is 4.74 Å². The molecule has 4 nitrogen and oxygen atoms in total. The minimum absolute atomic E-state index is 0.492. The average molecular weight is 267 g/mol. The molecule has 0 spiro atoms. The van der Waals surface area contributed by atoms with Crippen molar-refractivity contribution in [2.45, 2.75) is 53.0 Å². The zero-order valence-electron chi connectivity index (χ0n) is 12.9. The van der Waals surface area contributed by atoms with Gasteiger partial charge >= 0.3 is 0 Å². The van der Waals surface area contributed by atoms with Gasteiger partial charge in [-0.15, -0.1) is 0 Å². The van der Waals surface area contributed by atoms with Crippen LogP contribution in [0.15, 0.2) is 12.4 Å². The fourth-order valence-corrected chi connectivity index (χ4v) is 2.19. The lowest BCUT2D eigenvalue weighted by molar-refractivity contribution is 0.147. The molecule has 0 amide bonds. The Balaban J connectivity index is 2.41. The van der Waals surface area contributed by atoms with Crippen LogP contribution in [0.4, 0.5) is 5.95 Å². The summed E-state index contributed by atoms with van der Waals surface area (Å²) in [7, 11) is 0. The molecule has 1 rings (SSSR count). The zero-order valence-corrected chi connectivity index (χ0v) is 12.9. The molecule has 1 aromatic rings. The van der Waals surface area contributed by atoms with Gasteiger partial charge in [0, 0.05) is 38.2 Å². The molecule has 19 heavy (non-hydrogen) atoms. The predicted molar refractivity (Wildman–Crippen MR) is 80.6 cm³/mol. The van der Waals surface area contributed by atoms with Crippen LogP contribution < -0.4 is 5.32 Å². The van der Waals surface area contributed by atoms with E-state index >= 15 is 0 Å². The highest BCUT2D eigenvalue weighted by atomic mass is 16.5. The van der Waals surface area contributed by atoms with Gasteiger partial charge < -0.3 is 14.6 Å². The molecule has 1 heterocycles. The van der Waals surface area contributed by atoms with Gasteiger partial charge in [-0.25, -0.2) is 4.98 Å². The minimum Gasteiger partial charge on any atom is -0.382 e. The van der Waals surface area contributed by atoms with E-state index in [0.29, 0.717) is 6.04 Å². The molecule has 1 N–H and O–H groups in total. The van der Waals surface area contributed by atoms with E-state index in [1.807, 2.05) is 13.1 Å². The first-order chi connectivity index (χ1) is 9.19. The van der Waals surface area contributed by atoms with Crippen LogP contribution in [-0.4, -0.2) is 29.3 Å². The Labute approximate surface area is 117 Å². The van der Waals surface area contributed by atoms with E-state index in [2.05, 4.69) is 41.8 Å². The first-order valence-electron chi connectivity index (χ1n) is 7.53. The number of imidazole rings is 1. The quantitative estimate of drug-likeness (QED) is 0.657. The monoisotopic (exact) mass is 267 g/mol. The molecule has 110 valence electrons. The van der Waals surface area contributed by atoms with Gasteiger partial charge in [0.15, 0.2) is 0 Å². The Kier molecular flexibility index (Phi) is 7.56. The van der Waals surface area contributed by atoms with Gasteiger partial charge in [0.05, 0.1) is 0 Å². The number of nitrogens with zero attached hydrogens (tertiary/aromatic N) is 2. The molecule has 0 aliphatic heterocycles. The zero-order chi connectivity index (χ0) is 14.1. The minimum atomic E-state index is 0.492. The van der Waals surface area contributed by atoms with Crippen molar-refractivity contribution in [1.29, 1.82) is 0 Å². The van der Waals surface area contributed by atoms with Gasteiger partial charge in [-0.2, -0.15) is 0 Å². The van der Waals surface area contributed by atoms with Crippen molar-refractivity contribution in [1.82, 2.24) is 9.55 Å². The molecule has 2 unspecified atom stereocenters. The van der Waals surface area contributed by atoms with Crippen LogP contribution in [0.5, 0.6) is 0 Å². The molecule has 0 radical (unpaired) electrons. The molecule has 1 aromatic heterocycles. The Bertz CT molecular complexity index is 338. The van der Waals surface area contributed by atoms with Gasteiger partial charge in [-0.1, -0.05) is 20.3 Å². The molecule has 0 aliphatic carbocycles. The fourth-order valence-electron chi connectivity index (χ4n) is 2.19. The number of aromatic nitrogens is 2. The van der Waals surface area contributed by atoms with E-state index in [-0.39, 0.29) is 0 Å². The van der Waals surface area contributed by atoms with Crippen molar-refractivity contribution in [3.8, 4) is 0 Å². The van der Waals surface area contributed by atoms with Crippen LogP contribution in [-0.2, 0) is 4.74 Å². The van der Waals surface area contributed by atoms with Gasteiger partial charge in [0.1, 0.15) is 0 Å². The highest BCUT2D eigenvalue weighted by Gasteiger charge is 2.12. The second-order valence-corrected chi connectivity index (χ2v) is 5.23. The van der Waals surface area contributed by atoms with Gasteiger partial charge in [-0.3, -0.25) is 0 Å². The molecule has 0 aromatic carbocycles. The number of hydrogen-bond donors (Lipinski definition) is 1. The number of hydrogen-bond acceptors (Lipinski definition) is 3. The lowest BCUT2D eigenvalue weighted by Crippen LogP contribution is -2.14. The van der Waals surface area contributed by atoms with Crippen LogP contribution >= 0.6 is 0 Å². The van der Waals surface area contributed by atoms with Crippen molar-refractivity contribution in [2.75, 3.05) is 25.1 Å². The summed E-state index contributed by atoms with van der Waals surface area (Å²) in [6.07, 6.45) is 7.38. The number of anilines is 1. The second-order valence-electron chi connectivity index (χ2n) is 5.23. The molecular weight excluding hydrogens is 238 g/mol. The number of rotatable bonds is 10. The highest BCUT2D eigenvalue weighted by molar-refractivity contribution is 5.26. The molecule has 0 saturated carbocycles. The summed E-state index contributed by atoms with van der Waals surface area (Å²) in [6.45, 7) is 11.4. The fraction of sp³-hybridized carbons (Fsp3) is 0.800. The number of nitrogens with one attached hydrogen (secondary N) is 1. The maximum Gasteiger partial charge on any atom is 0.203 e. The Morgan fingerprint density at radius 2 is 2.16 bits per heavy atom. The van der Waals surface area contributed by atoms with E-state index in [0.717, 1.165) is 38.0 Å². The van der Waals surface area contributed by atoms with E-state index in [1.165, 1.54) is 12.8 Å². The third-order valence-electron chi connectivity index (χ3n) is 3.54. The van der Waals surface area contributed by atoms with Crippen LogP contribution in [0.3, 0.4) is 0 Å². The van der Waals surface area contributed by atoms with Gasteiger partial charge in [-0.05, 0) is 32.6 Å². The molecule has 0 aliphatic rings. The first kappa shape index (κ1) is 16.0. The van der Waals surface area contributed by atoms with Crippen LogP contribution in [0, 0.1) is 5.92 Å². The van der Waals surface area contributed by atoms with Gasteiger partial charge in [0.2, 0.25) is 5.95 Å². The average Bonchev–Trinajstić information content (AvgIpc) is 2.86. The number of ether oxygens (including phenoxy) is 1. The smallest absolute Gasteiger partial charge is 0.203 e. The second kappa shape index (κ2) is 8.97. The molecule has 0 saturated heterocycles. The summed E-state index contributed by atoms with van der Waals surface area (Å²) in [6, 6.07) is 0.492. The summed E-state index contributed by atoms with van der Waals surface area (Å²) >= 11 is 0. The van der Waals surface area contributed by atoms with Crippen molar-refractivity contribution in [3.63, 3.8) is 0 Å². The van der Waals surface area contributed by atoms with E-state index < -0.39 is 0 Å². The summed E-state index contributed by atoms with van der Waals surface area (Å²) in [5, 5.41) is 3.40. The Morgan fingerprint density at radius 3 is 2.84 bits per heavy atom. The third kappa shape index (κ3) is 5.64. The van der Waals surface area contributed by atoms with E-state index in [9.17, 15) is 0 Å². The van der Waals surface area contributed by atoms with E-state index in [1.54, 1.807) is 0 Å². The topological polar surface area (TPSA) is 39.1 Å². The third-order valence-corrected chi connectivity index (χ3v) is 3.54. The van der Waals surface area contributed by atoms with Crippen molar-refractivity contribution >= 4 is 5.95 Å². The van der Waals surface area contributed by atoms with Crippen LogP contribution in [0.1, 0.15) is 53.0 Å². The van der Waals surface area contributed by atoms with E-state index in [4.69, 9.17) is 4.74 Å². The standard InChI is InChI=1S/C15H29N3O/c1-5-13(3)12-14(4)18-10-9-17-15(18)16-8-7-11-19-6-2/h9-10,13-14H,5-8,11-12H2,1-4H3,(H,16,17). The van der Waals surface area contributed by atoms with Crippen LogP contribution in [0.25, 0.3) is 0 Å². The summed E-state index contributed by atoms with van der Waals surface area (Å²) in [5.74, 6) is 1.73. The lowest BCUT2D eigenvalue weighted by Gasteiger charge is -2.20. The molecule has 0 bridgehead atoms. The SMILES string of the molecule is CCOCCCNc1nccn1C(C)CC(C)CC. The molecule has 4 heteroatoms. The highest BCUT2D eigenvalue weighted by Crippen LogP contribution is 2.22. The Morgan fingerprint density at radius 1 is 1.37 bits per heavy atom. The predicted octanol–water partition coefficient (Wildman–Crippen LogP) is 3.72. The summed E-state index contributed by atoms with van der Waals surface area (Å²) in [5.41, 5.74) is 0. The van der Waals surface area contributed by atoms with Gasteiger partial charge in [0.25, 0.3) is 0 Å².